The van der Waals surface area contributed by atoms with Crippen molar-refractivity contribution in [1.82, 2.24) is 4.90 Å². The van der Waals surface area contributed by atoms with Crippen LogP contribution >= 0.6 is 11.6 Å². The molecule has 0 saturated heterocycles. The van der Waals surface area contributed by atoms with Gasteiger partial charge in [0, 0.05) is 10.7 Å². The van der Waals surface area contributed by atoms with Gasteiger partial charge < -0.3 is 10.2 Å². The highest BCUT2D eigenvalue weighted by Gasteiger charge is 2.11. The molecular formula is C17H21ClN2. The summed E-state index contributed by atoms with van der Waals surface area (Å²) in [5.74, 6) is 0. The van der Waals surface area contributed by atoms with E-state index in [0.29, 0.717) is 6.04 Å². The van der Waals surface area contributed by atoms with Crippen LogP contribution in [0.1, 0.15) is 18.0 Å². The molecule has 0 aliphatic carbocycles. The van der Waals surface area contributed by atoms with Crippen LogP contribution in [0.5, 0.6) is 0 Å². The zero-order chi connectivity index (χ0) is 14.4. The highest BCUT2D eigenvalue weighted by Crippen LogP contribution is 2.23. The molecule has 2 nitrogen and oxygen atoms in total. The third-order valence-corrected chi connectivity index (χ3v) is 3.50. The van der Waals surface area contributed by atoms with Crippen molar-refractivity contribution < 1.29 is 0 Å². The van der Waals surface area contributed by atoms with Crippen LogP contribution in [0.15, 0.2) is 54.6 Å². The van der Waals surface area contributed by atoms with Crippen LogP contribution in [-0.2, 0) is 0 Å². The second-order valence-corrected chi connectivity index (χ2v) is 5.64. The standard InChI is InChI=1S/C17H21ClN2/c1-20(2)13-12-17(14-6-4-3-5-7-14)19-16-10-8-15(18)9-11-16/h3-11,17,19H,12-13H2,1-2H3. The molecule has 0 spiro atoms. The Hall–Kier alpha value is -1.51. The van der Waals surface area contributed by atoms with Gasteiger partial charge in [0.15, 0.2) is 0 Å². The third-order valence-electron chi connectivity index (χ3n) is 3.25. The van der Waals surface area contributed by atoms with Gasteiger partial charge in [0.2, 0.25) is 0 Å². The molecule has 2 rings (SSSR count). The van der Waals surface area contributed by atoms with E-state index in [1.165, 1.54) is 5.56 Å². The van der Waals surface area contributed by atoms with Crippen LogP contribution in [0.25, 0.3) is 0 Å². The quantitative estimate of drug-likeness (QED) is 0.845. The number of benzene rings is 2. The van der Waals surface area contributed by atoms with Gasteiger partial charge in [-0.3, -0.25) is 0 Å². The minimum atomic E-state index is 0.305. The van der Waals surface area contributed by atoms with Crippen LogP contribution in [0.4, 0.5) is 5.69 Å². The first-order valence-electron chi connectivity index (χ1n) is 6.87. The molecule has 0 aliphatic heterocycles. The van der Waals surface area contributed by atoms with Crippen molar-refractivity contribution in [3.63, 3.8) is 0 Å². The van der Waals surface area contributed by atoms with E-state index in [2.05, 4.69) is 54.6 Å². The number of halogens is 1. The summed E-state index contributed by atoms with van der Waals surface area (Å²) in [7, 11) is 4.20. The second kappa shape index (κ2) is 7.32. The van der Waals surface area contributed by atoms with Gasteiger partial charge in [-0.1, -0.05) is 41.9 Å². The van der Waals surface area contributed by atoms with Crippen molar-refractivity contribution in [2.75, 3.05) is 26.0 Å². The van der Waals surface area contributed by atoms with Gasteiger partial charge in [-0.05, 0) is 56.9 Å². The number of hydrogen-bond acceptors (Lipinski definition) is 2. The summed E-state index contributed by atoms with van der Waals surface area (Å²) in [4.78, 5) is 2.21. The summed E-state index contributed by atoms with van der Waals surface area (Å²) < 4.78 is 0. The molecule has 1 unspecified atom stereocenters. The third kappa shape index (κ3) is 4.55. The Kier molecular flexibility index (Phi) is 5.45. The highest BCUT2D eigenvalue weighted by molar-refractivity contribution is 6.30. The lowest BCUT2D eigenvalue weighted by molar-refractivity contribution is 0.388. The maximum Gasteiger partial charge on any atom is 0.0526 e. The van der Waals surface area contributed by atoms with Gasteiger partial charge in [-0.15, -0.1) is 0 Å². The molecule has 0 saturated carbocycles. The lowest BCUT2D eigenvalue weighted by atomic mass is 10.0. The Morgan fingerprint density at radius 1 is 1.00 bits per heavy atom. The van der Waals surface area contributed by atoms with E-state index in [1.54, 1.807) is 0 Å². The van der Waals surface area contributed by atoms with E-state index < -0.39 is 0 Å². The van der Waals surface area contributed by atoms with Crippen molar-refractivity contribution in [3.05, 3.63) is 65.2 Å². The Bertz CT molecular complexity index is 508. The number of rotatable bonds is 6. The SMILES string of the molecule is CN(C)CCC(Nc1ccc(Cl)cc1)c1ccccc1. The first kappa shape index (κ1) is 14.9. The fourth-order valence-electron chi connectivity index (χ4n) is 2.14. The summed E-state index contributed by atoms with van der Waals surface area (Å²) in [6.07, 6.45) is 1.06. The van der Waals surface area contributed by atoms with E-state index in [-0.39, 0.29) is 0 Å². The van der Waals surface area contributed by atoms with Gasteiger partial charge in [-0.25, -0.2) is 0 Å². The number of anilines is 1. The van der Waals surface area contributed by atoms with E-state index in [4.69, 9.17) is 11.6 Å². The minimum Gasteiger partial charge on any atom is -0.378 e. The van der Waals surface area contributed by atoms with Crippen LogP contribution < -0.4 is 5.32 Å². The topological polar surface area (TPSA) is 15.3 Å². The molecule has 106 valence electrons. The monoisotopic (exact) mass is 288 g/mol. The smallest absolute Gasteiger partial charge is 0.0526 e. The summed E-state index contributed by atoms with van der Waals surface area (Å²) in [6.45, 7) is 1.04. The first-order chi connectivity index (χ1) is 9.65. The van der Waals surface area contributed by atoms with Gasteiger partial charge in [0.05, 0.1) is 6.04 Å². The van der Waals surface area contributed by atoms with Crippen molar-refractivity contribution in [2.24, 2.45) is 0 Å². The summed E-state index contributed by atoms with van der Waals surface area (Å²) in [5, 5.41) is 4.36. The lowest BCUT2D eigenvalue weighted by Crippen LogP contribution is -2.20. The number of nitrogens with one attached hydrogen (secondary N) is 1. The maximum atomic E-state index is 5.93. The Morgan fingerprint density at radius 3 is 2.25 bits per heavy atom. The van der Waals surface area contributed by atoms with Crippen molar-refractivity contribution >= 4 is 17.3 Å². The summed E-state index contributed by atoms with van der Waals surface area (Å²) >= 11 is 5.93. The molecule has 1 N–H and O–H groups in total. The van der Waals surface area contributed by atoms with Gasteiger partial charge in [0.1, 0.15) is 0 Å². The maximum absolute atomic E-state index is 5.93. The van der Waals surface area contributed by atoms with Crippen LogP contribution in [0.3, 0.4) is 0 Å². The molecule has 20 heavy (non-hydrogen) atoms. The zero-order valence-electron chi connectivity index (χ0n) is 12.0. The second-order valence-electron chi connectivity index (χ2n) is 5.21. The first-order valence-corrected chi connectivity index (χ1v) is 7.25. The Balaban J connectivity index is 2.12. The Labute approximate surface area is 126 Å². The Morgan fingerprint density at radius 2 is 1.65 bits per heavy atom. The van der Waals surface area contributed by atoms with Crippen molar-refractivity contribution in [1.29, 1.82) is 0 Å². The molecule has 1 atom stereocenters. The van der Waals surface area contributed by atoms with Gasteiger partial charge >= 0.3 is 0 Å². The van der Waals surface area contributed by atoms with Crippen molar-refractivity contribution in [3.8, 4) is 0 Å². The predicted molar refractivity (Wildman–Crippen MR) is 87.4 cm³/mol. The van der Waals surface area contributed by atoms with Crippen LogP contribution in [0.2, 0.25) is 5.02 Å². The van der Waals surface area contributed by atoms with Crippen LogP contribution in [0, 0.1) is 0 Å². The van der Waals surface area contributed by atoms with E-state index in [1.807, 2.05) is 24.3 Å². The molecule has 0 amide bonds. The fraction of sp³-hybridized carbons (Fsp3) is 0.294. The van der Waals surface area contributed by atoms with Gasteiger partial charge in [0.25, 0.3) is 0 Å². The molecule has 0 aliphatic rings. The lowest BCUT2D eigenvalue weighted by Gasteiger charge is -2.22. The normalized spacial score (nSPS) is 12.4. The summed E-state index contributed by atoms with van der Waals surface area (Å²) in [6, 6.07) is 18.7. The van der Waals surface area contributed by atoms with E-state index in [0.717, 1.165) is 23.7 Å². The zero-order valence-corrected chi connectivity index (χ0v) is 12.8. The average Bonchev–Trinajstić information content (AvgIpc) is 2.46. The highest BCUT2D eigenvalue weighted by atomic mass is 35.5. The molecule has 3 heteroatoms. The van der Waals surface area contributed by atoms with Gasteiger partial charge in [-0.2, -0.15) is 0 Å². The fourth-order valence-corrected chi connectivity index (χ4v) is 2.27. The molecule has 0 radical (unpaired) electrons. The van der Waals surface area contributed by atoms with Crippen molar-refractivity contribution in [2.45, 2.75) is 12.5 Å². The average molecular weight is 289 g/mol. The number of hydrogen-bond donors (Lipinski definition) is 1. The molecule has 2 aromatic rings. The van der Waals surface area contributed by atoms with E-state index >= 15 is 0 Å². The molecule has 0 aromatic heterocycles. The molecular weight excluding hydrogens is 268 g/mol. The van der Waals surface area contributed by atoms with E-state index in [9.17, 15) is 0 Å². The molecule has 2 aromatic carbocycles. The number of nitrogens with zero attached hydrogens (tertiary/aromatic N) is 1. The molecule has 0 bridgehead atoms. The predicted octanol–water partition coefficient (Wildman–Crippen LogP) is 4.44. The minimum absolute atomic E-state index is 0.305. The largest absolute Gasteiger partial charge is 0.378 e. The van der Waals surface area contributed by atoms with Crippen LogP contribution in [-0.4, -0.2) is 25.5 Å². The molecule has 0 fully saturated rings. The molecule has 0 heterocycles. The summed E-state index contributed by atoms with van der Waals surface area (Å²) in [5.41, 5.74) is 2.41.